The number of benzene rings is 1. The van der Waals surface area contributed by atoms with E-state index in [4.69, 9.17) is 26.2 Å². The van der Waals surface area contributed by atoms with Crippen molar-refractivity contribution in [1.29, 1.82) is 0 Å². The Kier molecular flexibility index (Phi) is 26.6. The van der Waals surface area contributed by atoms with E-state index in [0.717, 1.165) is 59.5 Å². The maximum Gasteiger partial charge on any atom is 0.220 e. The van der Waals surface area contributed by atoms with E-state index < -0.39 is 0 Å². The van der Waals surface area contributed by atoms with E-state index >= 15 is 0 Å². The quantitative estimate of drug-likeness (QED) is 0.211. The molecule has 8 nitrogen and oxygen atoms in total. The first-order valence-electron chi connectivity index (χ1n) is 14.4. The van der Waals surface area contributed by atoms with E-state index in [1.54, 1.807) is 11.3 Å². The van der Waals surface area contributed by atoms with Gasteiger partial charge >= 0.3 is 0 Å². The summed E-state index contributed by atoms with van der Waals surface area (Å²) in [6, 6.07) is 10.4. The first-order valence-corrected chi connectivity index (χ1v) is 15.6. The summed E-state index contributed by atoms with van der Waals surface area (Å²) in [4.78, 5) is 37.7. The van der Waals surface area contributed by atoms with Crippen molar-refractivity contribution < 1.29 is 14.4 Å². The number of carbonyl (C=O) groups is 3. The van der Waals surface area contributed by atoms with Gasteiger partial charge in [-0.2, -0.15) is 0 Å². The number of halogens is 1. The number of hydrogen-bond donors (Lipinski definition) is 3. The lowest BCUT2D eigenvalue weighted by molar-refractivity contribution is -0.121. The fourth-order valence-electron chi connectivity index (χ4n) is 4.33. The molecule has 2 aromatic rings. The molecule has 236 valence electrons. The third kappa shape index (κ3) is 18.6. The molecule has 2 heterocycles. The Morgan fingerprint density at radius 2 is 1.76 bits per heavy atom. The summed E-state index contributed by atoms with van der Waals surface area (Å²) in [6.45, 7) is 17.5. The summed E-state index contributed by atoms with van der Waals surface area (Å²) in [5.74, 6) is 0.0729. The molecule has 0 saturated carbocycles. The van der Waals surface area contributed by atoms with Crippen LogP contribution < -0.4 is 16.8 Å². The molecule has 0 spiro atoms. The van der Waals surface area contributed by atoms with E-state index in [1.807, 2.05) is 39.7 Å². The van der Waals surface area contributed by atoms with E-state index in [-0.39, 0.29) is 18.4 Å². The lowest BCUT2D eigenvalue weighted by Gasteiger charge is -2.23. The summed E-state index contributed by atoms with van der Waals surface area (Å²) < 4.78 is 0. The van der Waals surface area contributed by atoms with Crippen molar-refractivity contribution in [3.05, 3.63) is 68.7 Å². The number of allylic oxidation sites excluding steroid dienone is 1. The van der Waals surface area contributed by atoms with Crippen LogP contribution in [0, 0.1) is 0 Å². The van der Waals surface area contributed by atoms with Crippen LogP contribution in [0.1, 0.15) is 74.5 Å². The van der Waals surface area contributed by atoms with Crippen molar-refractivity contribution >= 4 is 48.1 Å². The SMILES string of the molecule is C=C(CC(Cc1ccccc1)NC(=O)CCc1nc(CC)c(/C=C(\C)Cl)s1)CN1CCCC1.C=O.CC.CN.NC=O. The van der Waals surface area contributed by atoms with Crippen LogP contribution in [-0.2, 0) is 33.6 Å². The third-order valence-electron chi connectivity index (χ3n) is 5.87. The normalized spacial score (nSPS) is 12.9. The van der Waals surface area contributed by atoms with Gasteiger partial charge in [0.05, 0.1) is 15.6 Å². The molecule has 1 aromatic heterocycles. The van der Waals surface area contributed by atoms with Crippen molar-refractivity contribution in [2.75, 3.05) is 26.7 Å². The highest BCUT2D eigenvalue weighted by Crippen LogP contribution is 2.24. The van der Waals surface area contributed by atoms with Gasteiger partial charge < -0.3 is 21.6 Å². The molecule has 5 N–H and O–H groups in total. The Morgan fingerprint density at radius 1 is 1.19 bits per heavy atom. The van der Waals surface area contributed by atoms with Gasteiger partial charge in [-0.15, -0.1) is 11.3 Å². The molecular formula is C32H52ClN5O3S. The maximum absolute atomic E-state index is 12.9. The molecule has 1 aromatic carbocycles. The predicted molar refractivity (Wildman–Crippen MR) is 180 cm³/mol. The Morgan fingerprint density at radius 3 is 2.29 bits per heavy atom. The molecule has 1 saturated heterocycles. The maximum atomic E-state index is 12.9. The number of primary amides is 1. The minimum Gasteiger partial charge on any atom is -0.372 e. The van der Waals surface area contributed by atoms with E-state index in [9.17, 15) is 4.79 Å². The van der Waals surface area contributed by atoms with Gasteiger partial charge in [0, 0.05) is 30.5 Å². The standard InChI is InChI=1S/C27H36ClN3OS.C2H6.CH3NO.CH5N.CH2O/c1-4-24-25(17-21(3)28)33-27(30-24)13-12-26(32)29-23(18-22-10-6-5-7-11-22)16-20(2)19-31-14-8-9-15-31;1-2;2-1-3;2*1-2/h5-7,10-11,17,23H,2,4,8-9,12-16,18-19H2,1,3H3,(H,29,32);1-2H3;1H,(H2,2,3);2H2,1H3;1H2/b21-17+;;;;. The Balaban J connectivity index is 0. The molecule has 1 aliphatic rings. The van der Waals surface area contributed by atoms with E-state index in [1.165, 1.54) is 31.0 Å². The van der Waals surface area contributed by atoms with Crippen molar-refractivity contribution in [2.24, 2.45) is 11.5 Å². The van der Waals surface area contributed by atoms with Crippen LogP contribution in [0.5, 0.6) is 0 Å². The summed E-state index contributed by atoms with van der Waals surface area (Å²) in [7, 11) is 1.50. The highest BCUT2D eigenvalue weighted by atomic mass is 35.5. The molecular weight excluding hydrogens is 570 g/mol. The van der Waals surface area contributed by atoms with Gasteiger partial charge in [-0.25, -0.2) is 4.98 Å². The largest absolute Gasteiger partial charge is 0.372 e. The molecule has 0 aliphatic carbocycles. The fraction of sp³-hybridized carbons (Fsp3) is 0.500. The first kappa shape index (κ1) is 41.3. The summed E-state index contributed by atoms with van der Waals surface area (Å²) in [6.07, 6.45) is 8.31. The summed E-state index contributed by atoms with van der Waals surface area (Å²) in [5.41, 5.74) is 12.1. The number of nitrogens with two attached hydrogens (primary N) is 2. The molecule has 3 rings (SSSR count). The topological polar surface area (TPSA) is 131 Å². The van der Waals surface area contributed by atoms with Crippen LogP contribution in [0.4, 0.5) is 0 Å². The Bertz CT molecular complexity index is 1020. The van der Waals surface area contributed by atoms with Gasteiger partial charge in [0.15, 0.2) is 0 Å². The monoisotopic (exact) mass is 621 g/mol. The van der Waals surface area contributed by atoms with E-state index in [2.05, 4.69) is 59.5 Å². The predicted octanol–water partition coefficient (Wildman–Crippen LogP) is 5.53. The van der Waals surface area contributed by atoms with Crippen molar-refractivity contribution in [1.82, 2.24) is 15.2 Å². The molecule has 2 amide bonds. The number of nitrogens with zero attached hydrogens (tertiary/aromatic N) is 2. The Hall–Kier alpha value is -2.85. The summed E-state index contributed by atoms with van der Waals surface area (Å²) in [5, 5.41) is 5.02. The van der Waals surface area contributed by atoms with Crippen LogP contribution in [0.25, 0.3) is 6.08 Å². The number of aromatic nitrogens is 1. The van der Waals surface area contributed by atoms with Gasteiger partial charge in [0.1, 0.15) is 6.79 Å². The number of nitrogens with one attached hydrogen (secondary N) is 1. The zero-order valence-electron chi connectivity index (χ0n) is 26.2. The van der Waals surface area contributed by atoms with Crippen molar-refractivity contribution in [3.63, 3.8) is 0 Å². The lowest BCUT2D eigenvalue weighted by Crippen LogP contribution is -2.37. The van der Waals surface area contributed by atoms with Crippen LogP contribution in [-0.4, -0.2) is 61.7 Å². The second-order valence-corrected chi connectivity index (χ2v) is 10.7. The minimum atomic E-state index is 0.0508. The van der Waals surface area contributed by atoms with Crippen LogP contribution in [0.2, 0.25) is 0 Å². The molecule has 10 heteroatoms. The average molecular weight is 622 g/mol. The molecule has 42 heavy (non-hydrogen) atoms. The number of amides is 2. The summed E-state index contributed by atoms with van der Waals surface area (Å²) >= 11 is 7.70. The second kappa shape index (κ2) is 27.0. The number of carbonyl (C=O) groups excluding carboxylic acids is 3. The van der Waals surface area contributed by atoms with Gasteiger partial charge in [0.2, 0.25) is 12.3 Å². The zero-order chi connectivity index (χ0) is 32.3. The van der Waals surface area contributed by atoms with Gasteiger partial charge in [-0.3, -0.25) is 14.5 Å². The van der Waals surface area contributed by atoms with Crippen LogP contribution >= 0.6 is 22.9 Å². The van der Waals surface area contributed by atoms with Crippen molar-refractivity contribution in [3.8, 4) is 0 Å². The first-order chi connectivity index (χ1) is 20.3. The number of hydrogen-bond acceptors (Lipinski definition) is 7. The van der Waals surface area contributed by atoms with Crippen LogP contribution in [0.3, 0.4) is 0 Å². The molecule has 0 radical (unpaired) electrons. The average Bonchev–Trinajstić information content (AvgIpc) is 3.65. The number of thiazole rings is 1. The molecule has 1 atom stereocenters. The van der Waals surface area contributed by atoms with Crippen LogP contribution in [0.15, 0.2) is 47.5 Å². The minimum absolute atomic E-state index is 0.0508. The second-order valence-electron chi connectivity index (χ2n) is 9.03. The van der Waals surface area contributed by atoms with Gasteiger partial charge in [0.25, 0.3) is 0 Å². The Labute approximate surface area is 262 Å². The highest BCUT2D eigenvalue weighted by molar-refractivity contribution is 7.12. The molecule has 1 unspecified atom stereocenters. The van der Waals surface area contributed by atoms with Crippen molar-refractivity contribution in [2.45, 2.75) is 78.7 Å². The highest BCUT2D eigenvalue weighted by Gasteiger charge is 2.18. The van der Waals surface area contributed by atoms with Gasteiger partial charge in [-0.1, -0.05) is 74.9 Å². The number of aryl methyl sites for hydroxylation is 2. The number of rotatable bonds is 12. The third-order valence-corrected chi connectivity index (χ3v) is 7.09. The smallest absolute Gasteiger partial charge is 0.220 e. The van der Waals surface area contributed by atoms with E-state index in [0.29, 0.717) is 12.8 Å². The molecule has 0 bridgehead atoms. The molecule has 1 fully saturated rings. The zero-order valence-corrected chi connectivity index (χ0v) is 27.7. The number of likely N-dealkylation sites (tertiary alicyclic amines) is 1. The lowest BCUT2D eigenvalue weighted by atomic mass is 9.99. The van der Waals surface area contributed by atoms with Gasteiger partial charge in [-0.05, 0) is 70.8 Å². The fourth-order valence-corrected chi connectivity index (χ4v) is 5.66. The molecule has 1 aliphatic heterocycles.